The third-order valence-corrected chi connectivity index (χ3v) is 7.89. The maximum absolute atomic E-state index is 13.2. The summed E-state index contributed by atoms with van der Waals surface area (Å²) >= 11 is 16.6. The lowest BCUT2D eigenvalue weighted by molar-refractivity contribution is -0.122. The Hall–Kier alpha value is -2.38. The van der Waals surface area contributed by atoms with Gasteiger partial charge < -0.3 is 4.57 Å². The molecule has 3 nitrogen and oxygen atoms in total. The van der Waals surface area contributed by atoms with Gasteiger partial charge in [0.15, 0.2) is 0 Å². The Bertz CT molecular complexity index is 1410. The third-order valence-electron chi connectivity index (χ3n) is 5.77. The number of thioether (sulfide) groups is 1. The Morgan fingerprint density at radius 1 is 1.00 bits per heavy atom. The zero-order chi connectivity index (χ0) is 23.7. The molecule has 1 fully saturated rings. The number of fused-ring (bicyclic) bond motifs is 1. The molecule has 1 aliphatic rings. The van der Waals surface area contributed by atoms with Crippen molar-refractivity contribution in [3.8, 4) is 0 Å². The fourth-order valence-corrected chi connectivity index (χ4v) is 5.84. The molecule has 0 spiro atoms. The number of carbonyl (C=O) groups is 1. The van der Waals surface area contributed by atoms with Crippen LogP contribution in [0.3, 0.4) is 0 Å². The number of amides is 1. The molecule has 34 heavy (non-hydrogen) atoms. The van der Waals surface area contributed by atoms with Crippen LogP contribution in [0.4, 0.5) is 0 Å². The summed E-state index contributed by atoms with van der Waals surface area (Å²) in [5, 5.41) is 1.80. The first-order valence-corrected chi connectivity index (χ1v) is 13.2. The molecule has 1 aromatic heterocycles. The molecule has 5 rings (SSSR count). The number of thiocarbonyl (C=S) groups is 1. The van der Waals surface area contributed by atoms with E-state index in [9.17, 15) is 4.79 Å². The Morgan fingerprint density at radius 3 is 2.53 bits per heavy atom. The number of carbonyl (C=O) groups excluding carboxylic acids is 1. The summed E-state index contributed by atoms with van der Waals surface area (Å²) in [7, 11) is 0. The molecule has 3 aromatic carbocycles. The predicted molar refractivity (Wildman–Crippen MR) is 150 cm³/mol. The van der Waals surface area contributed by atoms with Crippen LogP contribution in [0.2, 0.25) is 5.02 Å². The largest absolute Gasteiger partial charge is 0.342 e. The first kappa shape index (κ1) is 23.4. The number of halogens is 2. The van der Waals surface area contributed by atoms with Crippen LogP contribution >= 0.6 is 51.5 Å². The summed E-state index contributed by atoms with van der Waals surface area (Å²) in [5.74, 6) is -0.0282. The number of rotatable bonds is 6. The SMILES string of the molecule is O=C1/C(=C/c2cn(Cc3ccc(Cl)cc3)c3ccc(Br)cc23)SC(=S)N1CCc1ccccc1. The minimum Gasteiger partial charge on any atom is -0.342 e. The second-order valence-corrected chi connectivity index (χ2v) is 11.1. The van der Waals surface area contributed by atoms with E-state index in [0.29, 0.717) is 22.3 Å². The Morgan fingerprint density at radius 2 is 1.76 bits per heavy atom. The predicted octanol–water partition coefficient (Wildman–Crippen LogP) is 7.55. The van der Waals surface area contributed by atoms with Gasteiger partial charge in [-0.05, 0) is 54.0 Å². The van der Waals surface area contributed by atoms with Crippen molar-refractivity contribution in [2.45, 2.75) is 13.0 Å². The fraction of sp³-hybridized carbons (Fsp3) is 0.111. The van der Waals surface area contributed by atoms with Gasteiger partial charge in [-0.15, -0.1) is 0 Å². The number of benzene rings is 3. The number of nitrogens with zero attached hydrogens (tertiary/aromatic N) is 2. The highest BCUT2D eigenvalue weighted by molar-refractivity contribution is 9.10. The van der Waals surface area contributed by atoms with E-state index in [0.717, 1.165) is 37.9 Å². The van der Waals surface area contributed by atoms with Crippen LogP contribution in [0.5, 0.6) is 0 Å². The summed E-state index contributed by atoms with van der Waals surface area (Å²) in [5.41, 5.74) is 4.44. The van der Waals surface area contributed by atoms with Crippen molar-refractivity contribution < 1.29 is 4.79 Å². The zero-order valence-corrected chi connectivity index (χ0v) is 22.1. The second kappa shape index (κ2) is 10.1. The topological polar surface area (TPSA) is 25.2 Å². The zero-order valence-electron chi connectivity index (χ0n) is 18.1. The minimum atomic E-state index is -0.0282. The lowest BCUT2D eigenvalue weighted by Gasteiger charge is -2.14. The summed E-state index contributed by atoms with van der Waals surface area (Å²) in [6.07, 6.45) is 4.84. The highest BCUT2D eigenvalue weighted by Gasteiger charge is 2.31. The van der Waals surface area contributed by atoms with E-state index in [2.05, 4.69) is 51.0 Å². The molecule has 0 atom stereocenters. The van der Waals surface area contributed by atoms with Crippen LogP contribution in [0.15, 0.2) is 88.4 Å². The second-order valence-electron chi connectivity index (χ2n) is 8.07. The van der Waals surface area contributed by atoms with Crippen molar-refractivity contribution in [3.05, 3.63) is 110 Å². The molecule has 0 aliphatic carbocycles. The van der Waals surface area contributed by atoms with Gasteiger partial charge in [-0.2, -0.15) is 0 Å². The Balaban J connectivity index is 1.43. The van der Waals surface area contributed by atoms with Crippen molar-refractivity contribution in [2.75, 3.05) is 6.54 Å². The Labute approximate surface area is 221 Å². The average molecular weight is 568 g/mol. The monoisotopic (exact) mass is 566 g/mol. The van der Waals surface area contributed by atoms with Crippen molar-refractivity contribution in [1.29, 1.82) is 0 Å². The van der Waals surface area contributed by atoms with Gasteiger partial charge in [0, 0.05) is 45.2 Å². The Kier molecular flexibility index (Phi) is 6.93. The molecule has 1 aliphatic heterocycles. The molecule has 2 heterocycles. The van der Waals surface area contributed by atoms with Crippen molar-refractivity contribution >= 4 is 78.7 Å². The van der Waals surface area contributed by atoms with Crippen molar-refractivity contribution in [1.82, 2.24) is 9.47 Å². The molecule has 0 unspecified atom stereocenters. The van der Waals surface area contributed by atoms with Gasteiger partial charge in [0.1, 0.15) is 4.32 Å². The molecule has 1 saturated heterocycles. The van der Waals surface area contributed by atoms with Gasteiger partial charge in [0.25, 0.3) is 5.91 Å². The lowest BCUT2D eigenvalue weighted by atomic mass is 10.1. The summed E-state index contributed by atoms with van der Waals surface area (Å²) in [6.45, 7) is 1.29. The molecule has 1 amide bonds. The van der Waals surface area contributed by atoms with Crippen molar-refractivity contribution in [2.24, 2.45) is 0 Å². The third kappa shape index (κ3) is 5.01. The number of aromatic nitrogens is 1. The van der Waals surface area contributed by atoms with Crippen LogP contribution in [0.1, 0.15) is 16.7 Å². The van der Waals surface area contributed by atoms with E-state index in [-0.39, 0.29) is 5.91 Å². The van der Waals surface area contributed by atoms with E-state index in [1.54, 1.807) is 4.90 Å². The molecule has 170 valence electrons. The molecule has 7 heteroatoms. The normalized spacial score (nSPS) is 15.1. The molecular weight excluding hydrogens is 548 g/mol. The first-order valence-electron chi connectivity index (χ1n) is 10.8. The van der Waals surface area contributed by atoms with Crippen LogP contribution in [0.25, 0.3) is 17.0 Å². The highest BCUT2D eigenvalue weighted by Crippen LogP contribution is 2.35. The summed E-state index contributed by atoms with van der Waals surface area (Å²) in [4.78, 5) is 15.6. The molecule has 0 saturated carbocycles. The van der Waals surface area contributed by atoms with E-state index >= 15 is 0 Å². The maximum Gasteiger partial charge on any atom is 0.266 e. The van der Waals surface area contributed by atoms with E-state index < -0.39 is 0 Å². The standard InChI is InChI=1S/C27H20BrClN2OS2/c28-21-8-11-24-23(15-21)20(17-30(24)16-19-6-9-22(29)10-7-19)14-25-26(32)31(27(33)34-25)13-12-18-4-2-1-3-5-18/h1-11,14-15,17H,12-13,16H2/b25-14-. The molecule has 0 N–H and O–H groups in total. The number of hydrogen-bond acceptors (Lipinski definition) is 3. The summed E-state index contributed by atoms with van der Waals surface area (Å²) < 4.78 is 3.81. The molecule has 4 aromatic rings. The minimum absolute atomic E-state index is 0.0282. The maximum atomic E-state index is 13.2. The van der Waals surface area contributed by atoms with Crippen LogP contribution in [0, 0.1) is 0 Å². The highest BCUT2D eigenvalue weighted by atomic mass is 79.9. The van der Waals surface area contributed by atoms with Gasteiger partial charge in [-0.3, -0.25) is 9.69 Å². The van der Waals surface area contributed by atoms with E-state index in [4.69, 9.17) is 23.8 Å². The molecule has 0 radical (unpaired) electrons. The van der Waals surface area contributed by atoms with Crippen LogP contribution in [-0.2, 0) is 17.8 Å². The number of hydrogen-bond donors (Lipinski definition) is 0. The molecular formula is C27H20BrClN2OS2. The van der Waals surface area contributed by atoms with Gasteiger partial charge in [-0.25, -0.2) is 0 Å². The quantitative estimate of drug-likeness (QED) is 0.178. The smallest absolute Gasteiger partial charge is 0.266 e. The van der Waals surface area contributed by atoms with E-state index in [1.165, 1.54) is 17.3 Å². The van der Waals surface area contributed by atoms with Crippen LogP contribution < -0.4 is 0 Å². The first-order chi connectivity index (χ1) is 16.5. The summed E-state index contributed by atoms with van der Waals surface area (Å²) in [6, 6.07) is 24.3. The van der Waals surface area contributed by atoms with Gasteiger partial charge in [0.2, 0.25) is 0 Å². The van der Waals surface area contributed by atoms with Gasteiger partial charge in [-0.1, -0.05) is 94.0 Å². The molecule has 0 bridgehead atoms. The van der Waals surface area contributed by atoms with Crippen LogP contribution in [-0.4, -0.2) is 26.2 Å². The van der Waals surface area contributed by atoms with E-state index in [1.807, 2.05) is 54.6 Å². The fourth-order valence-electron chi connectivity index (χ4n) is 4.05. The van der Waals surface area contributed by atoms with Gasteiger partial charge >= 0.3 is 0 Å². The lowest BCUT2D eigenvalue weighted by Crippen LogP contribution is -2.30. The average Bonchev–Trinajstić information content (AvgIpc) is 3.30. The van der Waals surface area contributed by atoms with Gasteiger partial charge in [0.05, 0.1) is 4.91 Å². The van der Waals surface area contributed by atoms with Crippen molar-refractivity contribution in [3.63, 3.8) is 0 Å².